The first-order chi connectivity index (χ1) is 14.8. The molecule has 0 fully saturated rings. The smallest absolute Gasteiger partial charge is 0.265 e. The van der Waals surface area contributed by atoms with E-state index in [4.69, 9.17) is 11.6 Å². The van der Waals surface area contributed by atoms with Gasteiger partial charge in [0.25, 0.3) is 5.56 Å². The Labute approximate surface area is 183 Å². The minimum absolute atomic E-state index is 0.0629. The van der Waals surface area contributed by atoms with Crippen LogP contribution < -0.4 is 10.9 Å². The van der Waals surface area contributed by atoms with Crippen LogP contribution in [-0.2, 0) is 0 Å². The lowest BCUT2D eigenvalue weighted by atomic mass is 10.0. The molecule has 0 saturated carbocycles. The number of carbonyl (C=O) groups excluding carboxylic acids is 1. The highest BCUT2D eigenvalue weighted by Gasteiger charge is 2.18. The number of rotatable bonds is 6. The van der Waals surface area contributed by atoms with Crippen molar-refractivity contribution in [2.45, 2.75) is 0 Å². The molecule has 31 heavy (non-hydrogen) atoms. The minimum atomic E-state index is -0.447. The maximum atomic E-state index is 13.2. The van der Waals surface area contributed by atoms with E-state index in [2.05, 4.69) is 10.3 Å². The lowest BCUT2D eigenvalue weighted by Crippen LogP contribution is -2.23. The van der Waals surface area contributed by atoms with Crippen molar-refractivity contribution >= 4 is 39.6 Å². The summed E-state index contributed by atoms with van der Waals surface area (Å²) in [5.74, 6) is -0.627. The number of halogens is 1. The van der Waals surface area contributed by atoms with Gasteiger partial charge in [-0.3, -0.25) is 14.0 Å². The number of aromatic hydroxyl groups is 1. The Hall–Kier alpha value is -3.42. The van der Waals surface area contributed by atoms with Crippen molar-refractivity contribution in [1.29, 1.82) is 0 Å². The van der Waals surface area contributed by atoms with Crippen LogP contribution >= 0.6 is 11.6 Å². The maximum absolute atomic E-state index is 13.2. The number of anilines is 1. The SMILES string of the molecule is CN(C)CCNc1cc(C(=O)c2cc(Cl)ccc2O)cn2c(=O)c3ccccc3nc12. The van der Waals surface area contributed by atoms with E-state index in [9.17, 15) is 14.7 Å². The molecule has 158 valence electrons. The van der Waals surface area contributed by atoms with E-state index in [1.54, 1.807) is 24.3 Å². The zero-order valence-corrected chi connectivity index (χ0v) is 17.8. The van der Waals surface area contributed by atoms with Gasteiger partial charge in [0.05, 0.1) is 22.2 Å². The maximum Gasteiger partial charge on any atom is 0.265 e. The second kappa shape index (κ2) is 8.37. The monoisotopic (exact) mass is 436 g/mol. The average Bonchev–Trinajstić information content (AvgIpc) is 2.75. The van der Waals surface area contributed by atoms with Gasteiger partial charge in [-0.25, -0.2) is 4.98 Å². The lowest BCUT2D eigenvalue weighted by Gasteiger charge is -2.15. The number of fused-ring (bicyclic) bond motifs is 2. The fourth-order valence-electron chi connectivity index (χ4n) is 3.37. The minimum Gasteiger partial charge on any atom is -0.507 e. The predicted octanol–water partition coefficient (Wildman–Crippen LogP) is 3.41. The number of phenolic OH excluding ortho intramolecular Hbond substituents is 1. The molecule has 0 amide bonds. The molecule has 2 aromatic heterocycles. The number of nitrogens with zero attached hydrogens (tertiary/aromatic N) is 3. The van der Waals surface area contributed by atoms with Crippen molar-refractivity contribution in [2.75, 3.05) is 32.5 Å². The topological polar surface area (TPSA) is 86.9 Å². The summed E-state index contributed by atoms with van der Waals surface area (Å²) in [5, 5.41) is 14.2. The molecule has 0 radical (unpaired) electrons. The third-order valence-corrected chi connectivity index (χ3v) is 5.19. The standard InChI is InChI=1S/C23H21ClN4O3/c1-27(2)10-9-25-19-11-14(21(30)17-12-15(24)7-8-20(17)29)13-28-22(19)26-18-6-4-3-5-16(18)23(28)31/h3-8,11-13,25,29H,9-10H2,1-2H3. The number of carbonyl (C=O) groups is 1. The summed E-state index contributed by atoms with van der Waals surface area (Å²) in [4.78, 5) is 33.0. The predicted molar refractivity (Wildman–Crippen MR) is 123 cm³/mol. The largest absolute Gasteiger partial charge is 0.507 e. The van der Waals surface area contributed by atoms with Crippen LogP contribution in [0.15, 0.2) is 59.5 Å². The molecule has 4 aromatic rings. The molecule has 2 aromatic carbocycles. The average molecular weight is 437 g/mol. The van der Waals surface area contributed by atoms with Crippen molar-refractivity contribution in [3.05, 3.63) is 81.2 Å². The van der Waals surface area contributed by atoms with E-state index in [1.807, 2.05) is 25.1 Å². The van der Waals surface area contributed by atoms with Crippen molar-refractivity contribution in [2.24, 2.45) is 0 Å². The molecule has 2 heterocycles. The van der Waals surface area contributed by atoms with E-state index >= 15 is 0 Å². The molecular weight excluding hydrogens is 416 g/mol. The molecule has 0 spiro atoms. The van der Waals surface area contributed by atoms with Gasteiger partial charge in [0.15, 0.2) is 11.4 Å². The first kappa shape index (κ1) is 20.8. The molecule has 0 aliphatic heterocycles. The normalized spacial score (nSPS) is 11.4. The number of pyridine rings is 1. The second-order valence-electron chi connectivity index (χ2n) is 7.49. The molecule has 0 aliphatic rings. The number of hydrogen-bond acceptors (Lipinski definition) is 6. The van der Waals surface area contributed by atoms with Crippen LogP contribution in [0.3, 0.4) is 0 Å². The van der Waals surface area contributed by atoms with Crippen LogP contribution in [0.25, 0.3) is 16.6 Å². The molecule has 4 rings (SSSR count). The van der Waals surface area contributed by atoms with Gasteiger partial charge in [-0.15, -0.1) is 0 Å². The highest BCUT2D eigenvalue weighted by Crippen LogP contribution is 2.26. The van der Waals surface area contributed by atoms with Gasteiger partial charge in [0, 0.05) is 29.9 Å². The third kappa shape index (κ3) is 4.10. The summed E-state index contributed by atoms with van der Waals surface area (Å²) in [6.07, 6.45) is 1.46. The van der Waals surface area contributed by atoms with E-state index < -0.39 is 5.78 Å². The molecule has 0 bridgehead atoms. The summed E-state index contributed by atoms with van der Waals surface area (Å²) >= 11 is 6.02. The van der Waals surface area contributed by atoms with Gasteiger partial charge in [-0.05, 0) is 50.5 Å². The Morgan fingerprint density at radius 2 is 1.97 bits per heavy atom. The molecular formula is C23H21ClN4O3. The van der Waals surface area contributed by atoms with Gasteiger partial charge in [-0.2, -0.15) is 0 Å². The number of benzene rings is 2. The number of likely N-dealkylation sites (N-methyl/N-ethyl adjacent to an activating group) is 1. The van der Waals surface area contributed by atoms with Crippen molar-refractivity contribution in [3.8, 4) is 5.75 Å². The number of ketones is 1. The number of aromatic nitrogens is 2. The van der Waals surface area contributed by atoms with Crippen molar-refractivity contribution in [3.63, 3.8) is 0 Å². The summed E-state index contributed by atoms with van der Waals surface area (Å²) in [5.41, 5.74) is 1.58. The first-order valence-corrected chi connectivity index (χ1v) is 10.1. The van der Waals surface area contributed by atoms with Crippen LogP contribution in [-0.4, -0.2) is 52.4 Å². The number of hydrogen-bond donors (Lipinski definition) is 2. The van der Waals surface area contributed by atoms with E-state index in [0.29, 0.717) is 33.8 Å². The fraction of sp³-hybridized carbons (Fsp3) is 0.174. The highest BCUT2D eigenvalue weighted by molar-refractivity contribution is 6.31. The molecule has 0 unspecified atom stereocenters. The molecule has 7 nitrogen and oxygen atoms in total. The zero-order valence-electron chi connectivity index (χ0n) is 17.1. The number of phenols is 1. The summed E-state index contributed by atoms with van der Waals surface area (Å²) in [6, 6.07) is 13.0. The van der Waals surface area contributed by atoms with Gasteiger partial charge in [0.1, 0.15) is 5.75 Å². The summed E-state index contributed by atoms with van der Waals surface area (Å²) in [6.45, 7) is 1.34. The quantitative estimate of drug-likeness (QED) is 0.356. The van der Waals surface area contributed by atoms with Gasteiger partial charge < -0.3 is 15.3 Å². The van der Waals surface area contributed by atoms with Gasteiger partial charge >= 0.3 is 0 Å². The van der Waals surface area contributed by atoms with Crippen LogP contribution in [0, 0.1) is 0 Å². The molecule has 0 atom stereocenters. The Balaban J connectivity index is 1.92. The number of nitrogens with one attached hydrogen (secondary N) is 1. The Kier molecular flexibility index (Phi) is 5.63. The Morgan fingerprint density at radius 1 is 1.19 bits per heavy atom. The van der Waals surface area contributed by atoms with Crippen LogP contribution in [0.5, 0.6) is 5.75 Å². The zero-order chi connectivity index (χ0) is 22.1. The lowest BCUT2D eigenvalue weighted by molar-refractivity contribution is 0.103. The Morgan fingerprint density at radius 3 is 2.74 bits per heavy atom. The molecule has 0 saturated heterocycles. The first-order valence-electron chi connectivity index (χ1n) is 9.72. The highest BCUT2D eigenvalue weighted by atomic mass is 35.5. The van der Waals surface area contributed by atoms with Gasteiger partial charge in [-0.1, -0.05) is 23.7 Å². The fourth-order valence-corrected chi connectivity index (χ4v) is 3.54. The van der Waals surface area contributed by atoms with Crippen LogP contribution in [0.4, 0.5) is 5.69 Å². The van der Waals surface area contributed by atoms with Crippen LogP contribution in [0.1, 0.15) is 15.9 Å². The molecule has 0 aliphatic carbocycles. The van der Waals surface area contributed by atoms with Crippen molar-refractivity contribution < 1.29 is 9.90 Å². The summed E-state index contributed by atoms with van der Waals surface area (Å²) in [7, 11) is 3.91. The third-order valence-electron chi connectivity index (χ3n) is 4.96. The number of para-hydroxylation sites is 1. The van der Waals surface area contributed by atoms with E-state index in [1.165, 1.54) is 28.8 Å². The Bertz CT molecular complexity index is 1360. The second-order valence-corrected chi connectivity index (χ2v) is 7.93. The van der Waals surface area contributed by atoms with E-state index in [-0.39, 0.29) is 22.4 Å². The van der Waals surface area contributed by atoms with E-state index in [0.717, 1.165) is 6.54 Å². The van der Waals surface area contributed by atoms with Crippen molar-refractivity contribution in [1.82, 2.24) is 14.3 Å². The van der Waals surface area contributed by atoms with Crippen LogP contribution in [0.2, 0.25) is 5.02 Å². The molecule has 2 N–H and O–H groups in total. The van der Waals surface area contributed by atoms with Gasteiger partial charge in [0.2, 0.25) is 0 Å². The summed E-state index contributed by atoms with van der Waals surface area (Å²) < 4.78 is 1.37. The molecule has 8 heteroatoms.